The van der Waals surface area contributed by atoms with Gasteiger partial charge in [-0.25, -0.2) is 9.97 Å². The Balaban J connectivity index is 2.75. The summed E-state index contributed by atoms with van der Waals surface area (Å²) in [5, 5.41) is 0.785. The molecule has 0 radical (unpaired) electrons. The predicted molar refractivity (Wildman–Crippen MR) is 59.2 cm³/mol. The van der Waals surface area contributed by atoms with E-state index < -0.39 is 0 Å². The highest BCUT2D eigenvalue weighted by molar-refractivity contribution is 8.00. The van der Waals surface area contributed by atoms with Crippen LogP contribution in [0.5, 0.6) is 0 Å². The lowest BCUT2D eigenvalue weighted by Gasteiger charge is -1.91. The molecule has 0 atom stereocenters. The molecule has 2 aromatic rings. The number of pyridine rings is 1. The van der Waals surface area contributed by atoms with Gasteiger partial charge in [-0.1, -0.05) is 35.0 Å². The molecule has 68 valence electrons. The first-order valence-electron chi connectivity index (χ1n) is 3.37. The molecule has 0 aliphatic rings. The molecule has 2 heterocycles. The molecule has 0 N–H and O–H groups in total. The van der Waals surface area contributed by atoms with Crippen LogP contribution in [0.2, 0.25) is 10.3 Å². The maximum Gasteiger partial charge on any atom is 0.157 e. The van der Waals surface area contributed by atoms with Crippen molar-refractivity contribution in [1.29, 1.82) is 0 Å². The molecule has 0 fully saturated rings. The van der Waals surface area contributed by atoms with E-state index in [9.17, 15) is 0 Å². The van der Waals surface area contributed by atoms with E-state index in [0.717, 1.165) is 14.6 Å². The lowest BCUT2D eigenvalue weighted by molar-refractivity contribution is 1.27. The van der Waals surface area contributed by atoms with Crippen LogP contribution in [0.25, 0.3) is 10.2 Å². The molecule has 0 saturated heterocycles. The van der Waals surface area contributed by atoms with Gasteiger partial charge in [-0.15, -0.1) is 11.3 Å². The number of thioether (sulfide) groups is 1. The summed E-state index contributed by atoms with van der Waals surface area (Å²) in [6, 6.07) is 1.78. The Morgan fingerprint density at radius 3 is 2.85 bits per heavy atom. The number of nitrogens with zero attached hydrogens (tertiary/aromatic N) is 2. The largest absolute Gasteiger partial charge is 0.226 e. The van der Waals surface area contributed by atoms with Crippen molar-refractivity contribution >= 4 is 56.5 Å². The van der Waals surface area contributed by atoms with Gasteiger partial charge in [-0.3, -0.25) is 0 Å². The summed E-state index contributed by atoms with van der Waals surface area (Å²) in [6.45, 7) is 0. The molecule has 0 spiro atoms. The Hall–Kier alpha value is -0.0300. The van der Waals surface area contributed by atoms with Crippen molar-refractivity contribution in [2.75, 3.05) is 6.26 Å². The monoisotopic (exact) mass is 250 g/mol. The molecular formula is C7H4Cl2N2S2. The lowest BCUT2D eigenvalue weighted by Crippen LogP contribution is -1.78. The molecule has 0 amide bonds. The van der Waals surface area contributed by atoms with Crippen molar-refractivity contribution in [2.45, 2.75) is 4.34 Å². The number of hydrogen-bond donors (Lipinski definition) is 0. The second kappa shape index (κ2) is 3.61. The number of halogens is 2. The fourth-order valence-corrected chi connectivity index (χ4v) is 3.04. The standard InChI is InChI=1S/C7H4Cl2N2S2/c1-12-7-11-5-3(13-7)2-4(8)10-6(5)9/h2H,1H3. The quantitative estimate of drug-likeness (QED) is 0.570. The lowest BCUT2D eigenvalue weighted by atomic mass is 10.4. The van der Waals surface area contributed by atoms with E-state index in [1.165, 1.54) is 0 Å². The van der Waals surface area contributed by atoms with Crippen molar-refractivity contribution in [1.82, 2.24) is 9.97 Å². The molecule has 0 aliphatic carbocycles. The second-order valence-corrected chi connectivity index (χ2v) is 5.10. The topological polar surface area (TPSA) is 25.8 Å². The third-order valence-corrected chi connectivity index (χ3v) is 3.90. The normalized spacial score (nSPS) is 11.0. The molecule has 0 aromatic carbocycles. The zero-order valence-electron chi connectivity index (χ0n) is 6.54. The summed E-state index contributed by atoms with van der Waals surface area (Å²) in [5.74, 6) is 0. The van der Waals surface area contributed by atoms with Crippen LogP contribution >= 0.6 is 46.3 Å². The van der Waals surface area contributed by atoms with Crippen LogP contribution in [0, 0.1) is 0 Å². The minimum Gasteiger partial charge on any atom is -0.226 e. The zero-order valence-corrected chi connectivity index (χ0v) is 9.69. The van der Waals surface area contributed by atoms with Gasteiger partial charge in [0.15, 0.2) is 9.49 Å². The number of fused-ring (bicyclic) bond motifs is 1. The van der Waals surface area contributed by atoms with Crippen LogP contribution in [-0.4, -0.2) is 16.2 Å². The highest BCUT2D eigenvalue weighted by atomic mass is 35.5. The molecule has 2 aromatic heterocycles. The predicted octanol–water partition coefficient (Wildman–Crippen LogP) is 3.72. The third kappa shape index (κ3) is 1.76. The number of hydrogen-bond acceptors (Lipinski definition) is 4. The molecule has 0 unspecified atom stereocenters. The van der Waals surface area contributed by atoms with Crippen molar-refractivity contribution in [3.05, 3.63) is 16.4 Å². The Kier molecular flexibility index (Phi) is 2.65. The summed E-state index contributed by atoms with van der Waals surface area (Å²) in [4.78, 5) is 8.22. The molecular weight excluding hydrogens is 247 g/mol. The van der Waals surface area contributed by atoms with E-state index in [0.29, 0.717) is 10.3 Å². The van der Waals surface area contributed by atoms with Gasteiger partial charge in [0.2, 0.25) is 0 Å². The van der Waals surface area contributed by atoms with Crippen LogP contribution in [0.15, 0.2) is 10.4 Å². The Morgan fingerprint density at radius 2 is 2.15 bits per heavy atom. The van der Waals surface area contributed by atoms with E-state index >= 15 is 0 Å². The van der Waals surface area contributed by atoms with Gasteiger partial charge >= 0.3 is 0 Å². The average molecular weight is 251 g/mol. The van der Waals surface area contributed by atoms with Crippen LogP contribution in [-0.2, 0) is 0 Å². The van der Waals surface area contributed by atoms with Gasteiger partial charge in [0.1, 0.15) is 10.7 Å². The molecule has 0 bridgehead atoms. The van der Waals surface area contributed by atoms with Gasteiger partial charge < -0.3 is 0 Å². The number of rotatable bonds is 1. The van der Waals surface area contributed by atoms with E-state index in [1.54, 1.807) is 29.2 Å². The Labute approximate surface area is 93.3 Å². The molecule has 13 heavy (non-hydrogen) atoms. The second-order valence-electron chi connectivity index (χ2n) is 2.27. The summed E-state index contributed by atoms with van der Waals surface area (Å²) in [7, 11) is 0. The maximum absolute atomic E-state index is 5.87. The van der Waals surface area contributed by atoms with Gasteiger partial charge in [0.25, 0.3) is 0 Å². The summed E-state index contributed by atoms with van der Waals surface area (Å²) in [6.07, 6.45) is 1.97. The average Bonchev–Trinajstić information content (AvgIpc) is 2.47. The van der Waals surface area contributed by atoms with Crippen LogP contribution in [0.3, 0.4) is 0 Å². The van der Waals surface area contributed by atoms with Gasteiger partial charge in [-0.05, 0) is 12.3 Å². The van der Waals surface area contributed by atoms with Crippen LogP contribution < -0.4 is 0 Å². The summed E-state index contributed by atoms with van der Waals surface area (Å²) in [5.41, 5.74) is 0.736. The van der Waals surface area contributed by atoms with E-state index in [4.69, 9.17) is 23.2 Å². The summed E-state index contributed by atoms with van der Waals surface area (Å²) < 4.78 is 1.95. The minimum absolute atomic E-state index is 0.374. The van der Waals surface area contributed by atoms with E-state index in [2.05, 4.69) is 9.97 Å². The summed E-state index contributed by atoms with van der Waals surface area (Å²) >= 11 is 14.8. The Morgan fingerprint density at radius 1 is 1.38 bits per heavy atom. The highest BCUT2D eigenvalue weighted by Gasteiger charge is 2.08. The van der Waals surface area contributed by atoms with Gasteiger partial charge in [0.05, 0.1) is 4.70 Å². The number of aromatic nitrogens is 2. The first-order chi connectivity index (χ1) is 6.20. The maximum atomic E-state index is 5.87. The van der Waals surface area contributed by atoms with Crippen molar-refractivity contribution in [2.24, 2.45) is 0 Å². The van der Waals surface area contributed by atoms with E-state index in [1.807, 2.05) is 6.26 Å². The van der Waals surface area contributed by atoms with Crippen molar-refractivity contribution in [3.8, 4) is 0 Å². The molecule has 0 saturated carbocycles. The molecule has 2 nitrogen and oxygen atoms in total. The Bertz CT molecular complexity index is 455. The first kappa shape index (κ1) is 9.52. The fourth-order valence-electron chi connectivity index (χ4n) is 0.932. The zero-order chi connectivity index (χ0) is 9.42. The van der Waals surface area contributed by atoms with Crippen molar-refractivity contribution in [3.63, 3.8) is 0 Å². The van der Waals surface area contributed by atoms with E-state index in [-0.39, 0.29) is 0 Å². The van der Waals surface area contributed by atoms with Gasteiger partial charge in [-0.2, -0.15) is 0 Å². The smallest absolute Gasteiger partial charge is 0.157 e. The number of thiazole rings is 1. The van der Waals surface area contributed by atoms with Crippen molar-refractivity contribution < 1.29 is 0 Å². The SMILES string of the molecule is CSc1nc2c(Cl)nc(Cl)cc2s1. The van der Waals surface area contributed by atoms with Crippen LogP contribution in [0.4, 0.5) is 0 Å². The third-order valence-electron chi connectivity index (χ3n) is 1.46. The molecule has 6 heteroatoms. The first-order valence-corrected chi connectivity index (χ1v) is 6.17. The minimum atomic E-state index is 0.374. The fraction of sp³-hybridized carbons (Fsp3) is 0.143. The highest BCUT2D eigenvalue weighted by Crippen LogP contribution is 2.32. The van der Waals surface area contributed by atoms with Gasteiger partial charge in [0, 0.05) is 0 Å². The van der Waals surface area contributed by atoms with Crippen LogP contribution in [0.1, 0.15) is 0 Å². The molecule has 2 rings (SSSR count). The molecule has 0 aliphatic heterocycles.